The van der Waals surface area contributed by atoms with Crippen LogP contribution in [-0.2, 0) is 28.6 Å². The molecule has 0 saturated heterocycles. The molecule has 0 fully saturated rings. The highest BCUT2D eigenvalue weighted by Gasteiger charge is 2.19. The summed E-state index contributed by atoms with van der Waals surface area (Å²) in [5.74, 6) is -0.919. The molecule has 0 spiro atoms. The molecule has 0 N–H and O–H groups in total. The standard InChI is InChI=1S/C64H108O6/c1-4-7-10-13-16-19-22-25-28-30-32-34-36-39-42-45-48-51-54-57-63(66)69-60-61(59-68-62(65)56-53-50-47-44-41-38-35-27-24-21-18-15-12-9-6-3)70-64(67)58-55-52-49-46-43-40-37-33-31-29-26-23-20-17-14-11-8-5-2/h11,14,16-17,19-26,29,31,33,37,61H,4-10,12-13,15,18,27-28,30,32,34-36,38-60H2,1-3H3/b14-11-,19-16-,20-17-,24-21-,25-22-,26-23-,31-29-,37-33-. The Morgan fingerprint density at radius 2 is 0.557 bits per heavy atom. The number of rotatable bonds is 52. The van der Waals surface area contributed by atoms with E-state index < -0.39 is 6.10 Å². The number of hydrogen-bond acceptors (Lipinski definition) is 6. The van der Waals surface area contributed by atoms with Gasteiger partial charge in [0.2, 0.25) is 0 Å². The van der Waals surface area contributed by atoms with Gasteiger partial charge in [-0.05, 0) is 89.9 Å². The van der Waals surface area contributed by atoms with Crippen LogP contribution in [0.3, 0.4) is 0 Å². The molecule has 0 amide bonds. The predicted octanol–water partition coefficient (Wildman–Crippen LogP) is 19.7. The molecule has 0 aliphatic rings. The number of hydrogen-bond donors (Lipinski definition) is 0. The zero-order valence-corrected chi connectivity index (χ0v) is 45.8. The Balaban J connectivity index is 4.45. The molecular formula is C64H108O6. The van der Waals surface area contributed by atoms with Gasteiger partial charge in [-0.2, -0.15) is 0 Å². The Kier molecular flexibility index (Phi) is 54.9. The lowest BCUT2D eigenvalue weighted by molar-refractivity contribution is -0.167. The third-order valence-electron chi connectivity index (χ3n) is 12.4. The molecule has 0 rings (SSSR count). The van der Waals surface area contributed by atoms with Crippen LogP contribution in [0.4, 0.5) is 0 Å². The quantitative estimate of drug-likeness (QED) is 0.0199. The first-order chi connectivity index (χ1) is 34.5. The van der Waals surface area contributed by atoms with Crippen LogP contribution in [0.2, 0.25) is 0 Å². The maximum atomic E-state index is 12.9. The average molecular weight is 974 g/mol. The molecule has 1 unspecified atom stereocenters. The van der Waals surface area contributed by atoms with Gasteiger partial charge in [0.05, 0.1) is 0 Å². The minimum absolute atomic E-state index is 0.0914. The SMILES string of the molecule is CCC\C=C/C=C\C=C/C=C\C=C/CCCCCCCC(=O)OC(COC(=O)CCCCCCCCC/C=C\CCCCCC)COC(=O)CCCCCCCCCCCC/C=C\C=C/CCCCC. The van der Waals surface area contributed by atoms with Gasteiger partial charge >= 0.3 is 17.9 Å². The van der Waals surface area contributed by atoms with Crippen molar-refractivity contribution in [3.63, 3.8) is 0 Å². The molecule has 400 valence electrons. The van der Waals surface area contributed by atoms with E-state index in [1.54, 1.807) is 0 Å². The first-order valence-electron chi connectivity index (χ1n) is 29.3. The second-order valence-corrected chi connectivity index (χ2v) is 19.3. The smallest absolute Gasteiger partial charge is 0.306 e. The Bertz CT molecular complexity index is 1400. The van der Waals surface area contributed by atoms with E-state index in [0.717, 1.165) is 83.5 Å². The second-order valence-electron chi connectivity index (χ2n) is 19.3. The van der Waals surface area contributed by atoms with Gasteiger partial charge in [0, 0.05) is 19.3 Å². The summed E-state index contributed by atoms with van der Waals surface area (Å²) < 4.78 is 16.9. The lowest BCUT2D eigenvalue weighted by Gasteiger charge is -2.18. The third-order valence-corrected chi connectivity index (χ3v) is 12.4. The lowest BCUT2D eigenvalue weighted by Crippen LogP contribution is -2.30. The van der Waals surface area contributed by atoms with Gasteiger partial charge in [-0.1, -0.05) is 259 Å². The molecule has 0 aromatic rings. The van der Waals surface area contributed by atoms with Crippen LogP contribution in [0.25, 0.3) is 0 Å². The number of allylic oxidation sites excluding steroid dienone is 16. The van der Waals surface area contributed by atoms with Crippen molar-refractivity contribution in [1.82, 2.24) is 0 Å². The van der Waals surface area contributed by atoms with Crippen LogP contribution < -0.4 is 0 Å². The highest BCUT2D eigenvalue weighted by molar-refractivity contribution is 5.71. The van der Waals surface area contributed by atoms with Crippen LogP contribution in [0.5, 0.6) is 0 Å². The van der Waals surface area contributed by atoms with Gasteiger partial charge in [0.1, 0.15) is 13.2 Å². The Hall–Kier alpha value is -3.67. The van der Waals surface area contributed by atoms with Gasteiger partial charge in [-0.25, -0.2) is 0 Å². The first-order valence-corrected chi connectivity index (χ1v) is 29.3. The Labute approximate surface area is 432 Å². The molecule has 0 saturated carbocycles. The minimum atomic E-state index is -0.796. The largest absolute Gasteiger partial charge is 0.462 e. The monoisotopic (exact) mass is 973 g/mol. The average Bonchev–Trinajstić information content (AvgIpc) is 3.36. The molecule has 6 nitrogen and oxygen atoms in total. The molecule has 0 aromatic heterocycles. The summed E-state index contributed by atoms with van der Waals surface area (Å²) in [6.07, 6.45) is 76.7. The third kappa shape index (κ3) is 55.3. The second kappa shape index (κ2) is 57.9. The summed E-state index contributed by atoms with van der Waals surface area (Å²) in [7, 11) is 0. The minimum Gasteiger partial charge on any atom is -0.462 e. The van der Waals surface area contributed by atoms with Crippen molar-refractivity contribution < 1.29 is 28.6 Å². The van der Waals surface area contributed by atoms with E-state index in [-0.39, 0.29) is 31.1 Å². The van der Waals surface area contributed by atoms with E-state index in [9.17, 15) is 14.4 Å². The van der Waals surface area contributed by atoms with Gasteiger partial charge in [-0.3, -0.25) is 14.4 Å². The lowest BCUT2D eigenvalue weighted by atomic mass is 10.1. The number of ether oxygens (including phenoxy) is 3. The van der Waals surface area contributed by atoms with Crippen molar-refractivity contribution in [2.75, 3.05) is 13.2 Å². The van der Waals surface area contributed by atoms with Crippen molar-refractivity contribution >= 4 is 17.9 Å². The fourth-order valence-electron chi connectivity index (χ4n) is 7.99. The van der Waals surface area contributed by atoms with Crippen LogP contribution in [0.15, 0.2) is 97.2 Å². The molecule has 6 heteroatoms. The van der Waals surface area contributed by atoms with Crippen molar-refractivity contribution in [3.8, 4) is 0 Å². The van der Waals surface area contributed by atoms with Crippen molar-refractivity contribution in [2.45, 2.75) is 277 Å². The highest BCUT2D eigenvalue weighted by Crippen LogP contribution is 2.15. The maximum absolute atomic E-state index is 12.9. The van der Waals surface area contributed by atoms with E-state index in [1.807, 2.05) is 24.3 Å². The number of carbonyl (C=O) groups is 3. The molecule has 0 radical (unpaired) electrons. The molecule has 0 aromatic carbocycles. The van der Waals surface area contributed by atoms with Gasteiger partial charge in [-0.15, -0.1) is 0 Å². The summed E-state index contributed by atoms with van der Waals surface area (Å²) in [6.45, 7) is 6.50. The molecule has 0 heterocycles. The molecule has 0 aliphatic heterocycles. The fourth-order valence-corrected chi connectivity index (χ4v) is 7.99. The van der Waals surface area contributed by atoms with Crippen LogP contribution in [0.1, 0.15) is 271 Å². The summed E-state index contributed by atoms with van der Waals surface area (Å²) in [5, 5.41) is 0. The van der Waals surface area contributed by atoms with Crippen LogP contribution in [0, 0.1) is 0 Å². The van der Waals surface area contributed by atoms with Crippen molar-refractivity contribution in [2.24, 2.45) is 0 Å². The topological polar surface area (TPSA) is 78.9 Å². The van der Waals surface area contributed by atoms with Gasteiger partial charge in [0.15, 0.2) is 6.10 Å². The van der Waals surface area contributed by atoms with E-state index in [1.165, 1.54) is 148 Å². The molecule has 0 aliphatic carbocycles. The summed E-state index contributed by atoms with van der Waals surface area (Å²) >= 11 is 0. The van der Waals surface area contributed by atoms with Crippen molar-refractivity contribution in [1.29, 1.82) is 0 Å². The summed E-state index contributed by atoms with van der Waals surface area (Å²) in [6, 6.07) is 0. The number of unbranched alkanes of at least 4 members (excludes halogenated alkanes) is 30. The maximum Gasteiger partial charge on any atom is 0.306 e. The fraction of sp³-hybridized carbons (Fsp3) is 0.703. The summed E-state index contributed by atoms with van der Waals surface area (Å²) in [5.41, 5.74) is 0. The van der Waals surface area contributed by atoms with Crippen LogP contribution >= 0.6 is 0 Å². The first kappa shape index (κ1) is 66.3. The van der Waals surface area contributed by atoms with E-state index in [4.69, 9.17) is 14.2 Å². The highest BCUT2D eigenvalue weighted by atomic mass is 16.6. The normalized spacial score (nSPS) is 12.8. The van der Waals surface area contributed by atoms with Gasteiger partial charge in [0.25, 0.3) is 0 Å². The van der Waals surface area contributed by atoms with E-state index in [2.05, 4.69) is 93.7 Å². The number of esters is 3. The molecule has 0 bridgehead atoms. The van der Waals surface area contributed by atoms with E-state index in [0.29, 0.717) is 19.3 Å². The molecule has 70 heavy (non-hydrogen) atoms. The number of carbonyl (C=O) groups excluding carboxylic acids is 3. The molecular weight excluding hydrogens is 865 g/mol. The Morgan fingerprint density at radius 3 is 0.943 bits per heavy atom. The van der Waals surface area contributed by atoms with E-state index >= 15 is 0 Å². The van der Waals surface area contributed by atoms with Crippen molar-refractivity contribution in [3.05, 3.63) is 97.2 Å². The molecule has 1 atom stereocenters. The summed E-state index contributed by atoms with van der Waals surface area (Å²) in [4.78, 5) is 38.2. The zero-order chi connectivity index (χ0) is 50.7. The van der Waals surface area contributed by atoms with Crippen LogP contribution in [-0.4, -0.2) is 37.2 Å². The predicted molar refractivity (Wildman–Crippen MR) is 302 cm³/mol. The zero-order valence-electron chi connectivity index (χ0n) is 45.8. The Morgan fingerprint density at radius 1 is 0.286 bits per heavy atom. The van der Waals surface area contributed by atoms with Gasteiger partial charge < -0.3 is 14.2 Å².